The van der Waals surface area contributed by atoms with Gasteiger partial charge in [-0.15, -0.1) is 0 Å². The summed E-state index contributed by atoms with van der Waals surface area (Å²) in [5, 5.41) is 9.90. The molecule has 0 amide bonds. The summed E-state index contributed by atoms with van der Waals surface area (Å²) in [6.45, 7) is 3.41. The van der Waals surface area contributed by atoms with E-state index in [9.17, 15) is 18.7 Å². The Hall–Kier alpha value is -2.70. The molecule has 0 saturated carbocycles. The molecule has 0 atom stereocenters. The number of aromatic hydroxyl groups is 1. The number of nitrogens with zero attached hydrogens (tertiary/aromatic N) is 2. The number of phenolic OH excluding ortho intramolecular Hbond substituents is 1. The molecule has 0 unspecified atom stereocenters. The van der Waals surface area contributed by atoms with Crippen LogP contribution < -0.4 is 4.90 Å². The summed E-state index contributed by atoms with van der Waals surface area (Å²) in [6.07, 6.45) is 2.85. The first kappa shape index (κ1) is 18.1. The van der Waals surface area contributed by atoms with Gasteiger partial charge in [0.15, 0.2) is 11.6 Å². The minimum Gasteiger partial charge on any atom is -0.504 e. The van der Waals surface area contributed by atoms with Crippen molar-refractivity contribution < 1.29 is 23.4 Å². The van der Waals surface area contributed by atoms with Crippen LogP contribution in [-0.4, -0.2) is 35.8 Å². The van der Waals surface area contributed by atoms with Gasteiger partial charge in [-0.05, 0) is 43.5 Å². The first-order chi connectivity index (χ1) is 12.5. The van der Waals surface area contributed by atoms with E-state index in [0.717, 1.165) is 6.07 Å². The molecule has 138 valence electrons. The topological polar surface area (TPSA) is 62.7 Å². The molecule has 1 saturated heterocycles. The predicted molar refractivity (Wildman–Crippen MR) is 92.8 cm³/mol. The second kappa shape index (κ2) is 7.68. The Morgan fingerprint density at radius 1 is 1.31 bits per heavy atom. The number of ether oxygens (including phenoxy) is 1. The molecule has 0 aliphatic carbocycles. The average Bonchev–Trinajstić information content (AvgIpc) is 2.65. The Kier molecular flexibility index (Phi) is 5.35. The fraction of sp³-hybridized carbons (Fsp3) is 0.368. The number of halogens is 2. The molecule has 1 aromatic carbocycles. The lowest BCUT2D eigenvalue weighted by atomic mass is 9.97. The minimum absolute atomic E-state index is 0.0764. The van der Waals surface area contributed by atoms with E-state index in [1.54, 1.807) is 19.1 Å². The van der Waals surface area contributed by atoms with Crippen LogP contribution in [0, 0.1) is 17.6 Å². The molecule has 1 N–H and O–H groups in total. The maximum Gasteiger partial charge on any atom is 0.309 e. The molecule has 0 spiro atoms. The van der Waals surface area contributed by atoms with Gasteiger partial charge in [-0.25, -0.2) is 13.8 Å². The number of phenols is 1. The van der Waals surface area contributed by atoms with Crippen molar-refractivity contribution in [2.24, 2.45) is 5.92 Å². The number of esters is 1. The van der Waals surface area contributed by atoms with Gasteiger partial charge in [-0.3, -0.25) is 4.79 Å². The van der Waals surface area contributed by atoms with Crippen molar-refractivity contribution in [2.45, 2.75) is 19.8 Å². The highest BCUT2D eigenvalue weighted by molar-refractivity contribution is 5.74. The summed E-state index contributed by atoms with van der Waals surface area (Å²) in [5.74, 6) is -2.01. The van der Waals surface area contributed by atoms with Gasteiger partial charge in [-0.2, -0.15) is 0 Å². The maximum absolute atomic E-state index is 13.6. The fourth-order valence-electron chi connectivity index (χ4n) is 3.15. The number of carbonyl (C=O) groups is 1. The summed E-state index contributed by atoms with van der Waals surface area (Å²) in [7, 11) is 0. The monoisotopic (exact) mass is 362 g/mol. The van der Waals surface area contributed by atoms with E-state index < -0.39 is 17.4 Å². The van der Waals surface area contributed by atoms with Crippen molar-refractivity contribution in [3.05, 3.63) is 42.1 Å². The summed E-state index contributed by atoms with van der Waals surface area (Å²) >= 11 is 0. The van der Waals surface area contributed by atoms with Crippen molar-refractivity contribution in [1.82, 2.24) is 4.98 Å². The largest absolute Gasteiger partial charge is 0.504 e. The lowest BCUT2D eigenvalue weighted by Gasteiger charge is -2.31. The van der Waals surface area contributed by atoms with E-state index in [1.807, 2.05) is 4.90 Å². The molecule has 7 heteroatoms. The van der Waals surface area contributed by atoms with Crippen LogP contribution in [0.2, 0.25) is 0 Å². The zero-order valence-electron chi connectivity index (χ0n) is 14.4. The van der Waals surface area contributed by atoms with Crippen molar-refractivity contribution in [3.63, 3.8) is 0 Å². The molecule has 2 aromatic rings. The van der Waals surface area contributed by atoms with Crippen LogP contribution in [0.4, 0.5) is 14.6 Å². The van der Waals surface area contributed by atoms with E-state index in [-0.39, 0.29) is 17.5 Å². The summed E-state index contributed by atoms with van der Waals surface area (Å²) in [6, 6.07) is 4.99. The molecule has 5 nitrogen and oxygen atoms in total. The highest BCUT2D eigenvalue weighted by Crippen LogP contribution is 2.34. The molecular weight excluding hydrogens is 342 g/mol. The zero-order chi connectivity index (χ0) is 18.7. The first-order valence-electron chi connectivity index (χ1n) is 8.55. The lowest BCUT2D eigenvalue weighted by Crippen LogP contribution is -2.37. The molecule has 26 heavy (non-hydrogen) atoms. The van der Waals surface area contributed by atoms with Crippen LogP contribution >= 0.6 is 0 Å². The highest BCUT2D eigenvalue weighted by Gasteiger charge is 2.26. The van der Waals surface area contributed by atoms with Crippen LogP contribution in [0.1, 0.15) is 19.8 Å². The first-order valence-corrected chi connectivity index (χ1v) is 8.55. The number of pyridine rings is 1. The maximum atomic E-state index is 13.6. The van der Waals surface area contributed by atoms with Gasteiger partial charge in [0.2, 0.25) is 0 Å². The number of piperidine rings is 1. The summed E-state index contributed by atoms with van der Waals surface area (Å²) in [5.41, 5.74) is 0.547. The van der Waals surface area contributed by atoms with Gasteiger partial charge in [-0.1, -0.05) is 0 Å². The highest BCUT2D eigenvalue weighted by atomic mass is 19.1. The molecule has 0 radical (unpaired) electrons. The van der Waals surface area contributed by atoms with Crippen LogP contribution in [0.25, 0.3) is 11.1 Å². The number of carbonyl (C=O) groups excluding carboxylic acids is 1. The Morgan fingerprint density at radius 3 is 2.73 bits per heavy atom. The molecule has 3 rings (SSSR count). The van der Waals surface area contributed by atoms with Gasteiger partial charge in [0.25, 0.3) is 0 Å². The average molecular weight is 362 g/mol. The van der Waals surface area contributed by atoms with E-state index in [4.69, 9.17) is 4.74 Å². The predicted octanol–water partition coefficient (Wildman–Crippen LogP) is 3.51. The molecule has 1 aromatic heterocycles. The number of aromatic nitrogens is 1. The number of benzene rings is 1. The van der Waals surface area contributed by atoms with E-state index in [2.05, 4.69) is 4.98 Å². The second-order valence-electron chi connectivity index (χ2n) is 6.20. The Labute approximate surface area is 150 Å². The van der Waals surface area contributed by atoms with Crippen LogP contribution in [0.3, 0.4) is 0 Å². The van der Waals surface area contributed by atoms with Crippen LogP contribution in [-0.2, 0) is 9.53 Å². The molecule has 1 fully saturated rings. The molecule has 2 heterocycles. The Morgan fingerprint density at radius 2 is 2.04 bits per heavy atom. The van der Waals surface area contributed by atoms with E-state index in [0.29, 0.717) is 50.0 Å². The molecule has 1 aliphatic heterocycles. The molecule has 0 bridgehead atoms. The van der Waals surface area contributed by atoms with Gasteiger partial charge >= 0.3 is 5.97 Å². The standard InChI is InChI=1S/C19H20F2N2O3/c1-2-26-19(25)12-4-7-23(8-5-12)17-9-13(3-6-22-17)15-10-14(20)11-16(21)18(15)24/h3,6,9-12,24H,2,4-5,7-8H2,1H3. The lowest BCUT2D eigenvalue weighted by molar-refractivity contribution is -0.148. The Balaban J connectivity index is 1.78. The molecular formula is C19H20F2N2O3. The van der Waals surface area contributed by atoms with Gasteiger partial charge in [0.1, 0.15) is 11.6 Å². The van der Waals surface area contributed by atoms with E-state index >= 15 is 0 Å². The third-order valence-electron chi connectivity index (χ3n) is 4.52. The summed E-state index contributed by atoms with van der Waals surface area (Å²) < 4.78 is 32.2. The summed E-state index contributed by atoms with van der Waals surface area (Å²) in [4.78, 5) is 18.1. The van der Waals surface area contributed by atoms with Crippen molar-refractivity contribution in [1.29, 1.82) is 0 Å². The zero-order valence-corrected chi connectivity index (χ0v) is 14.4. The van der Waals surface area contributed by atoms with Crippen molar-refractivity contribution >= 4 is 11.8 Å². The van der Waals surface area contributed by atoms with Gasteiger partial charge < -0.3 is 14.7 Å². The number of anilines is 1. The fourth-order valence-corrected chi connectivity index (χ4v) is 3.15. The van der Waals surface area contributed by atoms with Crippen LogP contribution in [0.5, 0.6) is 5.75 Å². The van der Waals surface area contributed by atoms with Crippen molar-refractivity contribution in [2.75, 3.05) is 24.6 Å². The normalized spacial score (nSPS) is 15.1. The van der Waals surface area contributed by atoms with Gasteiger partial charge in [0.05, 0.1) is 12.5 Å². The SMILES string of the molecule is CCOC(=O)C1CCN(c2cc(-c3cc(F)cc(F)c3O)ccn2)CC1. The smallest absolute Gasteiger partial charge is 0.309 e. The van der Waals surface area contributed by atoms with Crippen molar-refractivity contribution in [3.8, 4) is 16.9 Å². The van der Waals surface area contributed by atoms with Gasteiger partial charge in [0, 0.05) is 30.9 Å². The third kappa shape index (κ3) is 3.76. The third-order valence-corrected chi connectivity index (χ3v) is 4.52. The van der Waals surface area contributed by atoms with E-state index in [1.165, 1.54) is 6.20 Å². The number of rotatable bonds is 4. The minimum atomic E-state index is -1.01. The number of hydrogen-bond acceptors (Lipinski definition) is 5. The quantitative estimate of drug-likeness (QED) is 0.844. The van der Waals surface area contributed by atoms with Crippen LogP contribution in [0.15, 0.2) is 30.5 Å². The second-order valence-corrected chi connectivity index (χ2v) is 6.20. The number of hydrogen-bond donors (Lipinski definition) is 1. The Bertz CT molecular complexity index is 805. The molecule has 1 aliphatic rings.